The molecule has 3 aromatic rings. The number of fused-ring (bicyclic) bond motifs is 1. The highest BCUT2D eigenvalue weighted by Crippen LogP contribution is 2.37. The van der Waals surface area contributed by atoms with Gasteiger partial charge in [0.2, 0.25) is 11.8 Å². The van der Waals surface area contributed by atoms with Crippen molar-refractivity contribution in [3.05, 3.63) is 65.1 Å². The summed E-state index contributed by atoms with van der Waals surface area (Å²) in [5.41, 5.74) is 3.26. The molecule has 0 bridgehead atoms. The zero-order chi connectivity index (χ0) is 19.0. The number of ether oxygens (including phenoxy) is 1. The lowest BCUT2D eigenvalue weighted by molar-refractivity contribution is -0.139. The summed E-state index contributed by atoms with van der Waals surface area (Å²) in [5.74, 6) is 1.21. The summed E-state index contributed by atoms with van der Waals surface area (Å²) in [6, 6.07) is 11.2. The van der Waals surface area contributed by atoms with Gasteiger partial charge in [-0.15, -0.1) is 5.10 Å². The van der Waals surface area contributed by atoms with Crippen LogP contribution in [0.15, 0.2) is 58.3 Å². The highest BCUT2D eigenvalue weighted by Gasteiger charge is 2.35. The van der Waals surface area contributed by atoms with E-state index in [1.54, 1.807) is 30.0 Å². The molecule has 0 saturated heterocycles. The average Bonchev–Trinajstić information content (AvgIpc) is 3.29. The molecule has 2 aromatic heterocycles. The number of aryl methyl sites for hydroxylation is 1. The van der Waals surface area contributed by atoms with Gasteiger partial charge in [-0.1, -0.05) is 29.8 Å². The molecule has 7 nitrogen and oxygen atoms in total. The van der Waals surface area contributed by atoms with Crippen LogP contribution in [0.3, 0.4) is 0 Å². The maximum atomic E-state index is 12.7. The number of nitrogens with one attached hydrogen (secondary N) is 1. The Labute approximate surface area is 156 Å². The lowest BCUT2D eigenvalue weighted by atomic mass is 9.95. The number of furan rings is 1. The molecule has 1 aromatic carbocycles. The Balaban J connectivity index is 1.88. The van der Waals surface area contributed by atoms with Gasteiger partial charge in [0.05, 0.1) is 18.4 Å². The summed E-state index contributed by atoms with van der Waals surface area (Å²) < 4.78 is 12.5. The minimum Gasteiger partial charge on any atom is -0.463 e. The van der Waals surface area contributed by atoms with Crippen molar-refractivity contribution in [2.45, 2.75) is 26.8 Å². The average molecular weight is 364 g/mol. The van der Waals surface area contributed by atoms with Gasteiger partial charge in [0.15, 0.2) is 5.76 Å². The van der Waals surface area contributed by atoms with Crippen LogP contribution in [0.25, 0.3) is 11.6 Å². The van der Waals surface area contributed by atoms with Gasteiger partial charge in [-0.2, -0.15) is 4.98 Å². The monoisotopic (exact) mass is 364 g/mol. The van der Waals surface area contributed by atoms with Crippen molar-refractivity contribution in [1.82, 2.24) is 14.8 Å². The van der Waals surface area contributed by atoms with E-state index in [-0.39, 0.29) is 5.97 Å². The number of hydrogen-bond acceptors (Lipinski definition) is 6. The first kappa shape index (κ1) is 17.1. The molecular formula is C20H20N4O3. The summed E-state index contributed by atoms with van der Waals surface area (Å²) in [5, 5.41) is 7.79. The molecule has 1 aliphatic heterocycles. The molecule has 0 radical (unpaired) electrons. The number of nitrogens with zero attached hydrogens (tertiary/aromatic N) is 3. The van der Waals surface area contributed by atoms with Crippen LogP contribution in [0.5, 0.6) is 0 Å². The molecule has 138 valence electrons. The molecule has 0 fully saturated rings. The largest absolute Gasteiger partial charge is 0.463 e. The van der Waals surface area contributed by atoms with Crippen molar-refractivity contribution >= 4 is 11.9 Å². The van der Waals surface area contributed by atoms with E-state index < -0.39 is 6.04 Å². The molecule has 0 spiro atoms. The van der Waals surface area contributed by atoms with E-state index in [9.17, 15) is 4.79 Å². The first-order chi connectivity index (χ1) is 13.1. The molecule has 0 saturated carbocycles. The molecule has 4 rings (SSSR count). The fourth-order valence-electron chi connectivity index (χ4n) is 3.28. The Hall–Kier alpha value is -3.35. The number of carbonyl (C=O) groups excluding carboxylic acids is 1. The number of esters is 1. The Morgan fingerprint density at radius 3 is 2.85 bits per heavy atom. The van der Waals surface area contributed by atoms with Crippen LogP contribution in [-0.2, 0) is 9.53 Å². The Bertz CT molecular complexity index is 1020. The fraction of sp³-hybridized carbons (Fsp3) is 0.250. The predicted molar refractivity (Wildman–Crippen MR) is 100.0 cm³/mol. The lowest BCUT2D eigenvalue weighted by Crippen LogP contribution is -2.29. The van der Waals surface area contributed by atoms with Crippen molar-refractivity contribution in [3.63, 3.8) is 0 Å². The van der Waals surface area contributed by atoms with Gasteiger partial charge in [-0.05, 0) is 38.5 Å². The predicted octanol–water partition coefficient (Wildman–Crippen LogP) is 3.70. The number of allylic oxidation sites excluding steroid dienone is 1. The minimum atomic E-state index is -0.434. The van der Waals surface area contributed by atoms with Crippen molar-refractivity contribution in [1.29, 1.82) is 0 Å². The summed E-state index contributed by atoms with van der Waals surface area (Å²) in [4.78, 5) is 17.3. The van der Waals surface area contributed by atoms with Crippen LogP contribution in [0.4, 0.5) is 5.95 Å². The number of aromatic nitrogens is 3. The fourth-order valence-corrected chi connectivity index (χ4v) is 3.28. The number of rotatable bonds is 4. The van der Waals surface area contributed by atoms with Gasteiger partial charge in [0, 0.05) is 5.70 Å². The zero-order valence-electron chi connectivity index (χ0n) is 15.4. The first-order valence-electron chi connectivity index (χ1n) is 8.80. The van der Waals surface area contributed by atoms with Gasteiger partial charge in [-0.25, -0.2) is 9.48 Å². The first-order valence-corrected chi connectivity index (χ1v) is 8.80. The van der Waals surface area contributed by atoms with Gasteiger partial charge < -0.3 is 14.5 Å². The molecule has 1 aliphatic rings. The SMILES string of the molecule is CCOC(=O)C1=C(C)Nc2nc(-c3ccco3)nn2[C@H]1c1cccc(C)c1. The van der Waals surface area contributed by atoms with Gasteiger partial charge in [0.25, 0.3) is 0 Å². The maximum Gasteiger partial charge on any atom is 0.338 e. The van der Waals surface area contributed by atoms with E-state index in [4.69, 9.17) is 9.15 Å². The third-order valence-electron chi connectivity index (χ3n) is 4.45. The number of carbonyl (C=O) groups is 1. The molecule has 7 heteroatoms. The van der Waals surface area contributed by atoms with Gasteiger partial charge in [-0.3, -0.25) is 0 Å². The second-order valence-electron chi connectivity index (χ2n) is 6.38. The lowest BCUT2D eigenvalue weighted by Gasteiger charge is -2.28. The highest BCUT2D eigenvalue weighted by molar-refractivity contribution is 5.92. The van der Waals surface area contributed by atoms with Crippen molar-refractivity contribution in [2.24, 2.45) is 0 Å². The summed E-state index contributed by atoms with van der Waals surface area (Å²) >= 11 is 0. The number of anilines is 1. The molecule has 0 unspecified atom stereocenters. The number of benzene rings is 1. The minimum absolute atomic E-state index is 0.304. The highest BCUT2D eigenvalue weighted by atomic mass is 16.5. The molecule has 3 heterocycles. The summed E-state index contributed by atoms with van der Waals surface area (Å²) in [7, 11) is 0. The van der Waals surface area contributed by atoms with Crippen molar-refractivity contribution < 1.29 is 13.9 Å². The van der Waals surface area contributed by atoms with Gasteiger partial charge in [0.1, 0.15) is 6.04 Å². The topological polar surface area (TPSA) is 82.2 Å². The van der Waals surface area contributed by atoms with Crippen LogP contribution in [-0.4, -0.2) is 27.3 Å². The molecule has 0 aliphatic carbocycles. The number of hydrogen-bond donors (Lipinski definition) is 1. The second kappa shape index (κ2) is 6.75. The van der Waals surface area contributed by atoms with E-state index in [0.29, 0.717) is 35.4 Å². The zero-order valence-corrected chi connectivity index (χ0v) is 15.4. The Morgan fingerprint density at radius 1 is 1.30 bits per heavy atom. The molecule has 27 heavy (non-hydrogen) atoms. The Kier molecular flexibility index (Phi) is 4.27. The second-order valence-corrected chi connectivity index (χ2v) is 6.38. The summed E-state index contributed by atoms with van der Waals surface area (Å²) in [6.07, 6.45) is 1.58. The van der Waals surface area contributed by atoms with Crippen LogP contribution >= 0.6 is 0 Å². The normalized spacial score (nSPS) is 16.0. The van der Waals surface area contributed by atoms with Crippen LogP contribution in [0, 0.1) is 6.92 Å². The molecule has 0 amide bonds. The smallest absolute Gasteiger partial charge is 0.338 e. The van der Waals surface area contributed by atoms with Crippen LogP contribution in [0.1, 0.15) is 31.0 Å². The molecule has 1 N–H and O–H groups in total. The van der Waals surface area contributed by atoms with Gasteiger partial charge >= 0.3 is 5.97 Å². The van der Waals surface area contributed by atoms with Crippen molar-refractivity contribution in [3.8, 4) is 11.6 Å². The molecular weight excluding hydrogens is 344 g/mol. The van der Waals surface area contributed by atoms with E-state index in [0.717, 1.165) is 11.1 Å². The maximum absolute atomic E-state index is 12.7. The van der Waals surface area contributed by atoms with E-state index in [1.807, 2.05) is 38.1 Å². The standard InChI is InChI=1S/C20H20N4O3/c1-4-26-19(25)16-13(3)21-20-22-18(15-9-6-10-27-15)23-24(20)17(16)14-8-5-7-12(2)11-14/h5-11,17H,4H2,1-3H3,(H,21,22,23)/t17-/m0/s1. The summed E-state index contributed by atoms with van der Waals surface area (Å²) in [6.45, 7) is 5.96. The van der Waals surface area contributed by atoms with Crippen molar-refractivity contribution in [2.75, 3.05) is 11.9 Å². The third-order valence-corrected chi connectivity index (χ3v) is 4.45. The van der Waals surface area contributed by atoms with E-state index in [2.05, 4.69) is 15.4 Å². The van der Waals surface area contributed by atoms with Crippen LogP contribution in [0.2, 0.25) is 0 Å². The Morgan fingerprint density at radius 2 is 2.15 bits per heavy atom. The van der Waals surface area contributed by atoms with E-state index >= 15 is 0 Å². The van der Waals surface area contributed by atoms with E-state index in [1.165, 1.54) is 0 Å². The quantitative estimate of drug-likeness (QED) is 0.711. The molecule has 1 atom stereocenters. The van der Waals surface area contributed by atoms with Crippen LogP contribution < -0.4 is 5.32 Å². The third kappa shape index (κ3) is 3.01.